The number of phenols is 2. The molecule has 0 heterocycles. The van der Waals surface area contributed by atoms with Crippen molar-refractivity contribution >= 4 is 0 Å². The summed E-state index contributed by atoms with van der Waals surface area (Å²) in [7, 11) is 0. The van der Waals surface area contributed by atoms with E-state index < -0.39 is 0 Å². The summed E-state index contributed by atoms with van der Waals surface area (Å²) in [6.07, 6.45) is 1.77. The third-order valence-corrected chi connectivity index (χ3v) is 2.84. The molecule has 94 valence electrons. The molecule has 0 unspecified atom stereocenters. The van der Waals surface area contributed by atoms with E-state index in [4.69, 9.17) is 0 Å². The molecule has 0 atom stereocenters. The Kier molecular flexibility index (Phi) is 3.51. The number of hydrogen-bond donors (Lipinski definition) is 2. The Hall–Kier alpha value is -2.03. The van der Waals surface area contributed by atoms with Crippen molar-refractivity contribution in [3.63, 3.8) is 0 Å². The first kappa shape index (κ1) is 12.4. The van der Waals surface area contributed by atoms with Gasteiger partial charge in [0.05, 0.1) is 0 Å². The van der Waals surface area contributed by atoms with Crippen molar-refractivity contribution in [2.75, 3.05) is 0 Å². The minimum atomic E-state index is -0.327. The monoisotopic (exact) mass is 246 g/mol. The molecule has 2 rings (SSSR count). The van der Waals surface area contributed by atoms with Crippen LogP contribution in [0.15, 0.2) is 36.4 Å². The highest BCUT2D eigenvalue weighted by Crippen LogP contribution is 2.37. The van der Waals surface area contributed by atoms with Crippen molar-refractivity contribution in [1.29, 1.82) is 0 Å². The molecule has 0 fully saturated rings. The summed E-state index contributed by atoms with van der Waals surface area (Å²) in [5.74, 6) is -0.631. The van der Waals surface area contributed by atoms with Crippen molar-refractivity contribution in [2.45, 2.75) is 19.8 Å². The Morgan fingerprint density at radius 3 is 2.33 bits per heavy atom. The van der Waals surface area contributed by atoms with Gasteiger partial charge in [-0.05, 0) is 41.8 Å². The average Bonchev–Trinajstić information content (AvgIpc) is 2.35. The van der Waals surface area contributed by atoms with E-state index in [1.165, 1.54) is 12.1 Å². The Morgan fingerprint density at radius 2 is 1.72 bits per heavy atom. The van der Waals surface area contributed by atoms with Gasteiger partial charge in [-0.1, -0.05) is 25.5 Å². The minimum Gasteiger partial charge on any atom is -0.504 e. The number of aryl methyl sites for hydroxylation is 1. The fraction of sp³-hybridized carbons (Fsp3) is 0.200. The summed E-state index contributed by atoms with van der Waals surface area (Å²) in [6.45, 7) is 2.04. The van der Waals surface area contributed by atoms with Gasteiger partial charge in [0.2, 0.25) is 0 Å². The second-order valence-corrected chi connectivity index (χ2v) is 4.27. The van der Waals surface area contributed by atoms with E-state index >= 15 is 0 Å². The zero-order valence-corrected chi connectivity index (χ0v) is 10.2. The number of hydrogen-bond acceptors (Lipinski definition) is 2. The molecule has 18 heavy (non-hydrogen) atoms. The second-order valence-electron chi connectivity index (χ2n) is 4.27. The Balaban J connectivity index is 2.51. The van der Waals surface area contributed by atoms with E-state index in [1.807, 2.05) is 13.0 Å². The number of rotatable bonds is 3. The van der Waals surface area contributed by atoms with Gasteiger partial charge < -0.3 is 10.2 Å². The van der Waals surface area contributed by atoms with E-state index in [1.54, 1.807) is 18.2 Å². The molecular weight excluding hydrogens is 231 g/mol. The van der Waals surface area contributed by atoms with Gasteiger partial charge in [-0.2, -0.15) is 0 Å². The van der Waals surface area contributed by atoms with E-state index in [0.717, 1.165) is 18.4 Å². The lowest BCUT2D eigenvalue weighted by molar-refractivity contribution is 0.404. The van der Waals surface area contributed by atoms with Gasteiger partial charge in [0.1, 0.15) is 5.82 Å². The molecule has 0 aliphatic heterocycles. The fourth-order valence-electron chi connectivity index (χ4n) is 1.96. The molecule has 0 radical (unpaired) electrons. The highest BCUT2D eigenvalue weighted by molar-refractivity contribution is 5.74. The standard InChI is InChI=1S/C15H15FO2/c1-2-3-10-8-13(15(18)14(17)9-10)11-4-6-12(16)7-5-11/h4-9,17-18H,2-3H2,1H3. The smallest absolute Gasteiger partial charge is 0.165 e. The summed E-state index contributed by atoms with van der Waals surface area (Å²) in [6, 6.07) is 9.22. The molecule has 0 saturated heterocycles. The lowest BCUT2D eigenvalue weighted by Gasteiger charge is -2.09. The molecule has 0 bridgehead atoms. The number of phenolic OH excluding ortho intramolecular Hbond substituents is 2. The van der Waals surface area contributed by atoms with Crippen molar-refractivity contribution in [3.05, 3.63) is 47.8 Å². The van der Waals surface area contributed by atoms with Gasteiger partial charge in [-0.15, -0.1) is 0 Å². The van der Waals surface area contributed by atoms with Crippen LogP contribution in [0.1, 0.15) is 18.9 Å². The lowest BCUT2D eigenvalue weighted by Crippen LogP contribution is -1.87. The van der Waals surface area contributed by atoms with Crippen LogP contribution in [-0.2, 0) is 6.42 Å². The van der Waals surface area contributed by atoms with Gasteiger partial charge in [0, 0.05) is 5.56 Å². The maximum Gasteiger partial charge on any atom is 0.165 e. The maximum absolute atomic E-state index is 12.9. The van der Waals surface area contributed by atoms with Crippen LogP contribution in [0.3, 0.4) is 0 Å². The first-order chi connectivity index (χ1) is 8.61. The van der Waals surface area contributed by atoms with Crippen LogP contribution in [0.5, 0.6) is 11.5 Å². The Bertz CT molecular complexity index is 547. The fourth-order valence-corrected chi connectivity index (χ4v) is 1.96. The first-order valence-corrected chi connectivity index (χ1v) is 5.92. The molecule has 2 aromatic rings. The van der Waals surface area contributed by atoms with Crippen molar-refractivity contribution < 1.29 is 14.6 Å². The predicted octanol–water partition coefficient (Wildman–Crippen LogP) is 3.86. The quantitative estimate of drug-likeness (QED) is 0.807. The zero-order valence-electron chi connectivity index (χ0n) is 10.2. The molecule has 0 aliphatic carbocycles. The third kappa shape index (κ3) is 2.45. The number of benzene rings is 2. The van der Waals surface area contributed by atoms with E-state index in [-0.39, 0.29) is 17.3 Å². The van der Waals surface area contributed by atoms with Crippen LogP contribution in [0.2, 0.25) is 0 Å². The molecular formula is C15H15FO2. The van der Waals surface area contributed by atoms with Crippen LogP contribution in [-0.4, -0.2) is 10.2 Å². The Labute approximate surface area is 105 Å². The largest absolute Gasteiger partial charge is 0.504 e. The van der Waals surface area contributed by atoms with Crippen molar-refractivity contribution in [3.8, 4) is 22.6 Å². The van der Waals surface area contributed by atoms with Gasteiger partial charge in [-0.25, -0.2) is 4.39 Å². The van der Waals surface area contributed by atoms with Crippen LogP contribution in [0, 0.1) is 5.82 Å². The Morgan fingerprint density at radius 1 is 1.06 bits per heavy atom. The van der Waals surface area contributed by atoms with Gasteiger partial charge in [-0.3, -0.25) is 0 Å². The molecule has 2 aromatic carbocycles. The normalized spacial score (nSPS) is 10.6. The SMILES string of the molecule is CCCc1cc(O)c(O)c(-c2ccc(F)cc2)c1. The zero-order chi connectivity index (χ0) is 13.1. The first-order valence-electron chi connectivity index (χ1n) is 5.92. The van der Waals surface area contributed by atoms with E-state index in [2.05, 4.69) is 0 Å². The molecule has 0 aliphatic rings. The van der Waals surface area contributed by atoms with Gasteiger partial charge in [0.15, 0.2) is 11.5 Å². The van der Waals surface area contributed by atoms with Crippen molar-refractivity contribution in [2.24, 2.45) is 0 Å². The minimum absolute atomic E-state index is 0.139. The molecule has 2 nitrogen and oxygen atoms in total. The summed E-state index contributed by atoms with van der Waals surface area (Å²) >= 11 is 0. The molecule has 0 saturated carbocycles. The summed E-state index contributed by atoms with van der Waals surface area (Å²) < 4.78 is 12.9. The molecule has 0 aromatic heterocycles. The average molecular weight is 246 g/mol. The van der Waals surface area contributed by atoms with Gasteiger partial charge in [0.25, 0.3) is 0 Å². The van der Waals surface area contributed by atoms with Gasteiger partial charge >= 0.3 is 0 Å². The molecule has 0 amide bonds. The van der Waals surface area contributed by atoms with Crippen LogP contribution in [0.4, 0.5) is 4.39 Å². The molecule has 2 N–H and O–H groups in total. The van der Waals surface area contributed by atoms with Crippen LogP contribution >= 0.6 is 0 Å². The van der Waals surface area contributed by atoms with E-state index in [0.29, 0.717) is 11.1 Å². The van der Waals surface area contributed by atoms with Crippen LogP contribution in [0.25, 0.3) is 11.1 Å². The summed E-state index contributed by atoms with van der Waals surface area (Å²) in [5.41, 5.74) is 2.16. The predicted molar refractivity (Wildman–Crippen MR) is 69.2 cm³/mol. The molecule has 3 heteroatoms. The van der Waals surface area contributed by atoms with Crippen LogP contribution < -0.4 is 0 Å². The van der Waals surface area contributed by atoms with E-state index in [9.17, 15) is 14.6 Å². The lowest BCUT2D eigenvalue weighted by atomic mass is 9.99. The second kappa shape index (κ2) is 5.08. The number of halogens is 1. The third-order valence-electron chi connectivity index (χ3n) is 2.84. The molecule has 0 spiro atoms. The topological polar surface area (TPSA) is 40.5 Å². The number of aromatic hydroxyl groups is 2. The highest BCUT2D eigenvalue weighted by atomic mass is 19.1. The highest BCUT2D eigenvalue weighted by Gasteiger charge is 2.11. The summed E-state index contributed by atoms with van der Waals surface area (Å²) in [4.78, 5) is 0. The van der Waals surface area contributed by atoms with Crippen molar-refractivity contribution in [1.82, 2.24) is 0 Å². The summed E-state index contributed by atoms with van der Waals surface area (Å²) in [5, 5.41) is 19.6. The maximum atomic E-state index is 12.9.